The SMILES string of the molecule is CC(=[N+]=[N-])C(=O)c1ccccc1OCc1ccccc1. The summed E-state index contributed by atoms with van der Waals surface area (Å²) in [7, 11) is 0. The van der Waals surface area contributed by atoms with Gasteiger partial charge in [-0.1, -0.05) is 42.5 Å². The van der Waals surface area contributed by atoms with Crippen LogP contribution in [0.25, 0.3) is 5.53 Å². The second-order valence-corrected chi connectivity index (χ2v) is 4.28. The van der Waals surface area contributed by atoms with E-state index in [2.05, 4.69) is 4.79 Å². The molecule has 0 aliphatic heterocycles. The van der Waals surface area contributed by atoms with E-state index in [0.717, 1.165) is 5.56 Å². The highest BCUT2D eigenvalue weighted by Crippen LogP contribution is 2.20. The molecule has 0 unspecified atom stereocenters. The van der Waals surface area contributed by atoms with Crippen molar-refractivity contribution in [3.05, 3.63) is 71.3 Å². The number of Topliss-reactive ketones (excluding diaryl/α,β-unsaturated/α-hetero) is 1. The summed E-state index contributed by atoms with van der Waals surface area (Å²) in [6.45, 7) is 1.83. The van der Waals surface area contributed by atoms with Gasteiger partial charge in [0.1, 0.15) is 12.4 Å². The van der Waals surface area contributed by atoms with E-state index in [-0.39, 0.29) is 11.5 Å². The third-order valence-electron chi connectivity index (χ3n) is 2.85. The van der Waals surface area contributed by atoms with Crippen LogP contribution < -0.4 is 4.74 Å². The van der Waals surface area contributed by atoms with Crippen LogP contribution in [-0.2, 0) is 6.61 Å². The Hall–Kier alpha value is -2.71. The van der Waals surface area contributed by atoms with Crippen molar-refractivity contribution in [3.63, 3.8) is 0 Å². The first-order chi connectivity index (χ1) is 9.72. The monoisotopic (exact) mass is 266 g/mol. The fourth-order valence-electron chi connectivity index (χ4n) is 1.76. The summed E-state index contributed by atoms with van der Waals surface area (Å²) in [6, 6.07) is 16.6. The first-order valence-electron chi connectivity index (χ1n) is 6.21. The van der Waals surface area contributed by atoms with Gasteiger partial charge in [-0.3, -0.25) is 4.79 Å². The van der Waals surface area contributed by atoms with E-state index in [0.29, 0.717) is 17.9 Å². The molecule has 0 aromatic heterocycles. The number of hydrogen-bond acceptors (Lipinski definition) is 2. The topological polar surface area (TPSA) is 62.7 Å². The Kier molecular flexibility index (Phi) is 4.43. The summed E-state index contributed by atoms with van der Waals surface area (Å²) >= 11 is 0. The van der Waals surface area contributed by atoms with Crippen LogP contribution >= 0.6 is 0 Å². The van der Waals surface area contributed by atoms with Crippen LogP contribution in [0.5, 0.6) is 5.75 Å². The van der Waals surface area contributed by atoms with Crippen molar-refractivity contribution < 1.29 is 14.3 Å². The highest BCUT2D eigenvalue weighted by molar-refractivity contribution is 6.43. The maximum absolute atomic E-state index is 12.0. The molecule has 0 radical (unpaired) electrons. The van der Waals surface area contributed by atoms with Gasteiger partial charge in [0.15, 0.2) is 0 Å². The first kappa shape index (κ1) is 13.7. The molecular formula is C16H14N2O2. The smallest absolute Gasteiger partial charge is 0.336 e. The molecule has 100 valence electrons. The molecule has 0 saturated carbocycles. The Balaban J connectivity index is 2.20. The van der Waals surface area contributed by atoms with E-state index >= 15 is 0 Å². The summed E-state index contributed by atoms with van der Waals surface area (Å²) in [4.78, 5) is 15.0. The predicted octanol–water partition coefficient (Wildman–Crippen LogP) is 3.14. The molecule has 0 amide bonds. The van der Waals surface area contributed by atoms with Crippen molar-refractivity contribution in [2.75, 3.05) is 0 Å². The molecule has 2 aromatic carbocycles. The number of nitrogens with zero attached hydrogens (tertiary/aromatic N) is 2. The fraction of sp³-hybridized carbons (Fsp3) is 0.125. The molecule has 4 nitrogen and oxygen atoms in total. The lowest BCUT2D eigenvalue weighted by Gasteiger charge is -2.09. The highest BCUT2D eigenvalue weighted by Gasteiger charge is 2.20. The van der Waals surface area contributed by atoms with Gasteiger partial charge in [-0.05, 0) is 17.7 Å². The normalized spacial score (nSPS) is 9.65. The zero-order valence-electron chi connectivity index (χ0n) is 11.1. The van der Waals surface area contributed by atoms with Crippen molar-refractivity contribution in [1.82, 2.24) is 0 Å². The maximum Gasteiger partial charge on any atom is 0.336 e. The molecule has 0 saturated heterocycles. The molecule has 0 aliphatic carbocycles. The van der Waals surface area contributed by atoms with Gasteiger partial charge in [0.05, 0.1) is 5.56 Å². The van der Waals surface area contributed by atoms with E-state index in [1.807, 2.05) is 30.3 Å². The fourth-order valence-corrected chi connectivity index (χ4v) is 1.76. The molecule has 0 atom stereocenters. The second-order valence-electron chi connectivity index (χ2n) is 4.28. The van der Waals surface area contributed by atoms with Crippen LogP contribution in [0.4, 0.5) is 0 Å². The standard InChI is InChI=1S/C16H14N2O2/c1-12(18-17)16(19)14-9-5-6-10-15(14)20-11-13-7-3-2-4-8-13/h2-10H,11H2,1H3. The van der Waals surface area contributed by atoms with Crippen molar-refractivity contribution in [3.8, 4) is 5.75 Å². The van der Waals surface area contributed by atoms with Gasteiger partial charge in [-0.2, -0.15) is 4.79 Å². The molecule has 0 heterocycles. The van der Waals surface area contributed by atoms with Crippen LogP contribution in [-0.4, -0.2) is 16.3 Å². The molecular weight excluding hydrogens is 252 g/mol. The lowest BCUT2D eigenvalue weighted by Crippen LogP contribution is -2.13. The molecule has 0 spiro atoms. The third-order valence-corrected chi connectivity index (χ3v) is 2.85. The molecule has 20 heavy (non-hydrogen) atoms. The van der Waals surface area contributed by atoms with Crippen LogP contribution in [0.2, 0.25) is 0 Å². The molecule has 0 aliphatic rings. The number of para-hydroxylation sites is 1. The Morgan fingerprint density at radius 3 is 2.45 bits per heavy atom. The lowest BCUT2D eigenvalue weighted by molar-refractivity contribution is -0.00682. The average molecular weight is 266 g/mol. The van der Waals surface area contributed by atoms with Gasteiger partial charge in [0.2, 0.25) is 0 Å². The quantitative estimate of drug-likeness (QED) is 0.361. The Morgan fingerprint density at radius 2 is 1.75 bits per heavy atom. The average Bonchev–Trinajstić information content (AvgIpc) is 2.52. The molecule has 0 bridgehead atoms. The first-order valence-corrected chi connectivity index (χ1v) is 6.21. The lowest BCUT2D eigenvalue weighted by atomic mass is 10.1. The van der Waals surface area contributed by atoms with Gasteiger partial charge in [-0.25, -0.2) is 0 Å². The minimum atomic E-state index is -0.351. The van der Waals surface area contributed by atoms with E-state index in [4.69, 9.17) is 10.3 Å². The Labute approximate surface area is 117 Å². The van der Waals surface area contributed by atoms with E-state index in [1.54, 1.807) is 24.3 Å². The van der Waals surface area contributed by atoms with Crippen molar-refractivity contribution in [1.29, 1.82) is 0 Å². The minimum absolute atomic E-state index is 0.0285. The number of benzene rings is 2. The third kappa shape index (κ3) is 3.19. The van der Waals surface area contributed by atoms with Crippen LogP contribution in [0.15, 0.2) is 54.6 Å². The van der Waals surface area contributed by atoms with Gasteiger partial charge >= 0.3 is 5.71 Å². The molecule has 2 rings (SSSR count). The Bertz CT molecular complexity index is 659. The summed E-state index contributed by atoms with van der Waals surface area (Å²) in [5.74, 6) is 0.125. The van der Waals surface area contributed by atoms with Crippen LogP contribution in [0.1, 0.15) is 22.8 Å². The predicted molar refractivity (Wildman–Crippen MR) is 75.8 cm³/mol. The summed E-state index contributed by atoms with van der Waals surface area (Å²) < 4.78 is 5.68. The molecule has 0 N–H and O–H groups in total. The molecule has 2 aromatic rings. The minimum Gasteiger partial charge on any atom is -0.488 e. The van der Waals surface area contributed by atoms with E-state index < -0.39 is 0 Å². The summed E-state index contributed by atoms with van der Waals surface area (Å²) in [5, 5.41) is 0. The van der Waals surface area contributed by atoms with Crippen molar-refractivity contribution in [2.24, 2.45) is 0 Å². The number of ketones is 1. The summed E-state index contributed by atoms with van der Waals surface area (Å²) in [5.41, 5.74) is 10.1. The van der Waals surface area contributed by atoms with Gasteiger partial charge in [-0.15, -0.1) is 0 Å². The number of hydrogen-bond donors (Lipinski definition) is 0. The number of ether oxygens (including phenoxy) is 1. The Morgan fingerprint density at radius 1 is 1.10 bits per heavy atom. The zero-order chi connectivity index (χ0) is 14.4. The number of carbonyl (C=O) groups is 1. The van der Waals surface area contributed by atoms with E-state index in [9.17, 15) is 4.79 Å². The van der Waals surface area contributed by atoms with Crippen molar-refractivity contribution in [2.45, 2.75) is 13.5 Å². The second kappa shape index (κ2) is 6.45. The maximum atomic E-state index is 12.0. The number of rotatable bonds is 5. The van der Waals surface area contributed by atoms with E-state index in [1.165, 1.54) is 6.92 Å². The molecule has 0 fully saturated rings. The largest absolute Gasteiger partial charge is 0.488 e. The van der Waals surface area contributed by atoms with Crippen LogP contribution in [0.3, 0.4) is 0 Å². The molecule has 4 heteroatoms. The zero-order valence-corrected chi connectivity index (χ0v) is 11.1. The van der Waals surface area contributed by atoms with Gasteiger partial charge in [0.25, 0.3) is 5.78 Å². The van der Waals surface area contributed by atoms with Crippen LogP contribution in [0, 0.1) is 0 Å². The van der Waals surface area contributed by atoms with Gasteiger partial charge in [0, 0.05) is 6.92 Å². The number of carbonyl (C=O) groups excluding carboxylic acids is 1. The highest BCUT2D eigenvalue weighted by atomic mass is 16.5. The summed E-state index contributed by atoms with van der Waals surface area (Å²) in [6.07, 6.45) is 0. The van der Waals surface area contributed by atoms with Gasteiger partial charge < -0.3 is 10.3 Å². The van der Waals surface area contributed by atoms with Crippen molar-refractivity contribution >= 4 is 11.5 Å².